The Morgan fingerprint density at radius 3 is 2.72 bits per heavy atom. The molecule has 0 aliphatic heterocycles. The molecule has 29 heavy (non-hydrogen) atoms. The summed E-state index contributed by atoms with van der Waals surface area (Å²) in [6, 6.07) is 13.9. The normalized spacial score (nSPS) is 19.4. The van der Waals surface area contributed by atoms with Gasteiger partial charge < -0.3 is 9.84 Å². The maximum Gasteiger partial charge on any atom is 0.123 e. The van der Waals surface area contributed by atoms with Crippen LogP contribution in [0.3, 0.4) is 0 Å². The van der Waals surface area contributed by atoms with E-state index in [4.69, 9.17) is 4.74 Å². The smallest absolute Gasteiger partial charge is 0.123 e. The van der Waals surface area contributed by atoms with Crippen molar-refractivity contribution in [1.29, 1.82) is 0 Å². The average molecular weight is 392 g/mol. The lowest BCUT2D eigenvalue weighted by Gasteiger charge is -2.36. The Kier molecular flexibility index (Phi) is 5.01. The number of hydrogen-bond acceptors (Lipinski definition) is 3. The quantitative estimate of drug-likeness (QED) is 0.656. The minimum absolute atomic E-state index is 0.188. The SMILES string of the molecule is COc1cccc(C(O)C[C@@]2(C)Cc3cnn(-c4ccc(F)cc4)c3C=C2C)c1. The van der Waals surface area contributed by atoms with Crippen molar-refractivity contribution < 1.29 is 14.2 Å². The first-order valence-corrected chi connectivity index (χ1v) is 9.73. The summed E-state index contributed by atoms with van der Waals surface area (Å²) in [6.45, 7) is 4.28. The second kappa shape index (κ2) is 7.48. The Morgan fingerprint density at radius 2 is 2.00 bits per heavy atom. The molecular formula is C24H25FN2O2. The van der Waals surface area contributed by atoms with Crippen molar-refractivity contribution in [3.05, 3.63) is 82.9 Å². The number of methoxy groups -OCH3 is 1. The van der Waals surface area contributed by atoms with E-state index in [2.05, 4.69) is 25.0 Å². The van der Waals surface area contributed by atoms with Crippen LogP contribution in [0, 0.1) is 11.2 Å². The molecule has 1 heterocycles. The minimum Gasteiger partial charge on any atom is -0.497 e. The summed E-state index contributed by atoms with van der Waals surface area (Å²) in [7, 11) is 1.63. The summed E-state index contributed by atoms with van der Waals surface area (Å²) in [5, 5.41) is 15.4. The van der Waals surface area contributed by atoms with Crippen LogP contribution >= 0.6 is 0 Å². The molecule has 1 aliphatic rings. The van der Waals surface area contributed by atoms with E-state index < -0.39 is 6.10 Å². The van der Waals surface area contributed by atoms with E-state index in [0.717, 1.165) is 34.7 Å². The van der Waals surface area contributed by atoms with E-state index in [-0.39, 0.29) is 11.2 Å². The number of allylic oxidation sites excluding steroid dienone is 1. The molecular weight excluding hydrogens is 367 g/mol. The molecule has 0 spiro atoms. The number of aliphatic hydroxyl groups is 1. The first-order valence-electron chi connectivity index (χ1n) is 9.73. The van der Waals surface area contributed by atoms with Crippen molar-refractivity contribution in [2.24, 2.45) is 5.41 Å². The largest absolute Gasteiger partial charge is 0.497 e. The van der Waals surface area contributed by atoms with Crippen molar-refractivity contribution in [2.45, 2.75) is 32.8 Å². The first kappa shape index (κ1) is 19.4. The van der Waals surface area contributed by atoms with Crippen LogP contribution in [0.5, 0.6) is 5.75 Å². The summed E-state index contributed by atoms with van der Waals surface area (Å²) in [5.74, 6) is 0.478. The summed E-state index contributed by atoms with van der Waals surface area (Å²) < 4.78 is 20.4. The number of hydrogen-bond donors (Lipinski definition) is 1. The standard InChI is InChI=1S/C24H25FN2O2/c1-16-11-22-18(15-26-27(22)20-9-7-19(25)8-10-20)13-24(16,2)14-23(28)17-5-4-6-21(12-17)29-3/h4-12,15,23,28H,13-14H2,1-3H3/t23?,24-/m1/s1. The molecule has 2 atom stereocenters. The van der Waals surface area contributed by atoms with Gasteiger partial charge in [-0.2, -0.15) is 5.10 Å². The molecule has 1 unspecified atom stereocenters. The van der Waals surface area contributed by atoms with Gasteiger partial charge in [-0.3, -0.25) is 0 Å². The number of nitrogens with zero attached hydrogens (tertiary/aromatic N) is 2. The van der Waals surface area contributed by atoms with E-state index >= 15 is 0 Å². The third kappa shape index (κ3) is 3.70. The molecule has 3 aromatic rings. The van der Waals surface area contributed by atoms with Crippen molar-refractivity contribution >= 4 is 6.08 Å². The lowest BCUT2D eigenvalue weighted by atomic mass is 9.70. The number of ether oxygens (including phenoxy) is 1. The van der Waals surface area contributed by atoms with Crippen LogP contribution in [0.2, 0.25) is 0 Å². The topological polar surface area (TPSA) is 47.3 Å². The zero-order valence-electron chi connectivity index (χ0n) is 16.9. The molecule has 4 nitrogen and oxygen atoms in total. The van der Waals surface area contributed by atoms with Gasteiger partial charge in [0.1, 0.15) is 11.6 Å². The lowest BCUT2D eigenvalue weighted by Crippen LogP contribution is -2.27. The van der Waals surface area contributed by atoms with Gasteiger partial charge in [-0.05, 0) is 78.8 Å². The molecule has 5 heteroatoms. The van der Waals surface area contributed by atoms with Crippen LogP contribution in [0.15, 0.2) is 60.3 Å². The Bertz CT molecular complexity index is 1050. The van der Waals surface area contributed by atoms with Crippen molar-refractivity contribution in [3.8, 4) is 11.4 Å². The Labute approximate surface area is 170 Å². The number of rotatable bonds is 5. The average Bonchev–Trinajstić information content (AvgIpc) is 3.11. The van der Waals surface area contributed by atoms with Gasteiger partial charge in [0.2, 0.25) is 0 Å². The van der Waals surface area contributed by atoms with Gasteiger partial charge >= 0.3 is 0 Å². The highest BCUT2D eigenvalue weighted by Crippen LogP contribution is 2.44. The van der Waals surface area contributed by atoms with Gasteiger partial charge in [-0.1, -0.05) is 24.6 Å². The van der Waals surface area contributed by atoms with E-state index in [1.54, 1.807) is 19.2 Å². The molecule has 150 valence electrons. The zero-order valence-corrected chi connectivity index (χ0v) is 16.9. The van der Waals surface area contributed by atoms with Crippen LogP contribution in [-0.4, -0.2) is 22.0 Å². The number of aromatic nitrogens is 2. The van der Waals surface area contributed by atoms with Crippen molar-refractivity contribution in [2.75, 3.05) is 7.11 Å². The Balaban J connectivity index is 1.61. The first-order chi connectivity index (χ1) is 13.9. The molecule has 1 aliphatic carbocycles. The van der Waals surface area contributed by atoms with Gasteiger partial charge in [0, 0.05) is 0 Å². The Morgan fingerprint density at radius 1 is 1.24 bits per heavy atom. The monoisotopic (exact) mass is 392 g/mol. The number of benzene rings is 2. The third-order valence-corrected chi connectivity index (χ3v) is 5.97. The zero-order chi connectivity index (χ0) is 20.6. The number of fused-ring (bicyclic) bond motifs is 1. The molecule has 0 fully saturated rings. The molecule has 0 bridgehead atoms. The molecule has 1 N–H and O–H groups in total. The summed E-state index contributed by atoms with van der Waals surface area (Å²) in [6.07, 6.45) is 4.80. The van der Waals surface area contributed by atoms with E-state index in [9.17, 15) is 9.50 Å². The summed E-state index contributed by atoms with van der Waals surface area (Å²) in [5.41, 5.74) is 4.83. The summed E-state index contributed by atoms with van der Waals surface area (Å²) >= 11 is 0. The van der Waals surface area contributed by atoms with Gasteiger partial charge in [0.15, 0.2) is 0 Å². The molecule has 2 aromatic carbocycles. The van der Waals surface area contributed by atoms with Crippen LogP contribution < -0.4 is 4.74 Å². The van der Waals surface area contributed by atoms with Gasteiger partial charge in [0.05, 0.1) is 30.8 Å². The second-order valence-corrected chi connectivity index (χ2v) is 8.00. The van der Waals surface area contributed by atoms with Gasteiger partial charge in [-0.15, -0.1) is 0 Å². The fraction of sp³-hybridized carbons (Fsp3) is 0.292. The fourth-order valence-corrected chi connectivity index (χ4v) is 4.04. The van der Waals surface area contributed by atoms with Crippen LogP contribution in [0.4, 0.5) is 4.39 Å². The predicted octanol–water partition coefficient (Wildman–Crippen LogP) is 5.11. The molecule has 1 aromatic heterocycles. The molecule has 0 amide bonds. The molecule has 0 radical (unpaired) electrons. The number of aliphatic hydroxyl groups excluding tert-OH is 1. The van der Waals surface area contributed by atoms with Crippen molar-refractivity contribution in [3.63, 3.8) is 0 Å². The van der Waals surface area contributed by atoms with E-state index in [0.29, 0.717) is 6.42 Å². The highest BCUT2D eigenvalue weighted by atomic mass is 19.1. The second-order valence-electron chi connectivity index (χ2n) is 8.00. The fourth-order valence-electron chi connectivity index (χ4n) is 4.04. The maximum absolute atomic E-state index is 13.3. The maximum atomic E-state index is 13.3. The van der Waals surface area contributed by atoms with Crippen LogP contribution in [0.25, 0.3) is 11.8 Å². The van der Waals surface area contributed by atoms with E-state index in [1.165, 1.54) is 17.7 Å². The highest BCUT2D eigenvalue weighted by Gasteiger charge is 2.35. The van der Waals surface area contributed by atoms with Crippen LogP contribution in [-0.2, 0) is 6.42 Å². The minimum atomic E-state index is -0.591. The molecule has 0 saturated carbocycles. The third-order valence-electron chi connectivity index (χ3n) is 5.97. The predicted molar refractivity (Wildman–Crippen MR) is 112 cm³/mol. The number of halogens is 1. The van der Waals surface area contributed by atoms with Crippen molar-refractivity contribution in [1.82, 2.24) is 9.78 Å². The van der Waals surface area contributed by atoms with Crippen LogP contribution in [0.1, 0.15) is 43.2 Å². The van der Waals surface area contributed by atoms with Gasteiger partial charge in [0.25, 0.3) is 0 Å². The molecule has 4 rings (SSSR count). The lowest BCUT2D eigenvalue weighted by molar-refractivity contribution is 0.121. The highest BCUT2D eigenvalue weighted by molar-refractivity contribution is 5.60. The summed E-state index contributed by atoms with van der Waals surface area (Å²) in [4.78, 5) is 0. The van der Waals surface area contributed by atoms with Gasteiger partial charge in [-0.25, -0.2) is 9.07 Å². The Hall–Kier alpha value is -2.92. The molecule has 0 saturated heterocycles. The van der Waals surface area contributed by atoms with E-state index in [1.807, 2.05) is 35.1 Å².